The van der Waals surface area contributed by atoms with Crippen molar-refractivity contribution in [2.45, 2.75) is 194 Å². The van der Waals surface area contributed by atoms with Crippen LogP contribution >= 0.6 is 0 Å². The molecule has 8 atom stereocenters. The summed E-state index contributed by atoms with van der Waals surface area (Å²) in [4.78, 5) is 56.4. The first-order chi connectivity index (χ1) is 24.2. The number of carboxylic acids is 4. The van der Waals surface area contributed by atoms with Crippen LogP contribution < -0.4 is 0 Å². The molecule has 316 valence electrons. The van der Waals surface area contributed by atoms with Crippen LogP contribution in [0.5, 0.6) is 0 Å². The van der Waals surface area contributed by atoms with Gasteiger partial charge in [0.25, 0.3) is 0 Å². The molecular weight excluding hydrogens is 680 g/mol. The summed E-state index contributed by atoms with van der Waals surface area (Å²) in [6.45, 7) is 33.9. The fourth-order valence-electron chi connectivity index (χ4n) is 11.6. The minimum atomic E-state index is -2.03. The maximum Gasteiger partial charge on any atom is 0.311 e. The van der Waals surface area contributed by atoms with Gasteiger partial charge in [0.1, 0.15) is 0 Å². The summed E-state index contributed by atoms with van der Waals surface area (Å²) in [5.74, 6) is -8.16. The second kappa shape index (κ2) is 18.4. The molecule has 1 fully saturated rings. The molecule has 0 aromatic carbocycles. The fraction of sp³-hybridized carbons (Fsp3) is 0.913. The van der Waals surface area contributed by atoms with Crippen molar-refractivity contribution in [2.75, 3.05) is 0 Å². The lowest BCUT2D eigenvalue weighted by Gasteiger charge is -2.64. The van der Waals surface area contributed by atoms with Gasteiger partial charge in [-0.1, -0.05) is 124 Å². The van der Waals surface area contributed by atoms with E-state index >= 15 is 0 Å². The first-order valence-corrected chi connectivity index (χ1v) is 21.1. The fourth-order valence-corrected chi connectivity index (χ4v) is 11.6. The molecular formula is C46H84O8. The van der Waals surface area contributed by atoms with E-state index in [1.807, 2.05) is 0 Å². The lowest BCUT2D eigenvalue weighted by molar-refractivity contribution is -0.235. The van der Waals surface area contributed by atoms with Gasteiger partial charge in [-0.3, -0.25) is 19.2 Å². The van der Waals surface area contributed by atoms with Crippen molar-refractivity contribution in [3.8, 4) is 0 Å². The van der Waals surface area contributed by atoms with Gasteiger partial charge < -0.3 is 20.4 Å². The number of hydrogen-bond donors (Lipinski definition) is 4. The van der Waals surface area contributed by atoms with Crippen LogP contribution in [0, 0.1) is 73.4 Å². The topological polar surface area (TPSA) is 149 Å². The summed E-state index contributed by atoms with van der Waals surface area (Å²) in [6.07, 6.45) is 4.65. The molecule has 1 saturated carbocycles. The second-order valence-corrected chi connectivity index (χ2v) is 23.4. The Kier molecular flexibility index (Phi) is 17.0. The highest BCUT2D eigenvalue weighted by molar-refractivity contribution is 5.92. The normalized spacial score (nSPS) is 27.9. The third kappa shape index (κ3) is 13.2. The van der Waals surface area contributed by atoms with Gasteiger partial charge in [0.05, 0.1) is 22.7 Å². The summed E-state index contributed by atoms with van der Waals surface area (Å²) in [7, 11) is 0. The molecule has 0 saturated heterocycles. The summed E-state index contributed by atoms with van der Waals surface area (Å²) in [5.41, 5.74) is -5.87. The Labute approximate surface area is 330 Å². The summed E-state index contributed by atoms with van der Waals surface area (Å²) >= 11 is 0. The zero-order valence-electron chi connectivity index (χ0n) is 37.6. The quantitative estimate of drug-likeness (QED) is 0.0957. The lowest BCUT2D eigenvalue weighted by atomic mass is 9.35. The van der Waals surface area contributed by atoms with Gasteiger partial charge in [0.15, 0.2) is 0 Å². The number of rotatable bonds is 20. The van der Waals surface area contributed by atoms with E-state index in [9.17, 15) is 39.6 Å². The molecule has 1 rings (SSSR count). The summed E-state index contributed by atoms with van der Waals surface area (Å²) in [5, 5.41) is 46.0. The Bertz CT molecular complexity index is 1230. The lowest BCUT2D eigenvalue weighted by Crippen LogP contribution is -2.70. The molecule has 8 nitrogen and oxygen atoms in total. The third-order valence-electron chi connectivity index (χ3n) is 12.7. The van der Waals surface area contributed by atoms with Crippen molar-refractivity contribution in [3.63, 3.8) is 0 Å². The molecule has 0 aliphatic heterocycles. The average Bonchev–Trinajstić information content (AvgIpc) is 2.92. The van der Waals surface area contributed by atoms with Crippen LogP contribution in [0.15, 0.2) is 0 Å². The van der Waals surface area contributed by atoms with Gasteiger partial charge in [-0.15, -0.1) is 0 Å². The molecule has 0 radical (unpaired) electrons. The van der Waals surface area contributed by atoms with Crippen LogP contribution in [0.4, 0.5) is 0 Å². The van der Waals surface area contributed by atoms with Gasteiger partial charge in [0.2, 0.25) is 0 Å². The molecule has 0 bridgehead atoms. The Balaban J connectivity index is 4.51. The molecule has 0 aromatic heterocycles. The van der Waals surface area contributed by atoms with E-state index in [-0.39, 0.29) is 71.0 Å². The molecule has 8 heteroatoms. The SMILES string of the molecule is CC(CCC1(C(=O)O)CC(C(=O)O)C(C(=O)O)C(CCC(C)CC(C)(C)C)(CCC(C)CC(C)(C)C)C1(CCC(C)CC(C)(C)C)C(=O)O)CC(C)(C)C. The van der Waals surface area contributed by atoms with Crippen molar-refractivity contribution in [1.29, 1.82) is 0 Å². The van der Waals surface area contributed by atoms with E-state index < -0.39 is 58.4 Å². The smallest absolute Gasteiger partial charge is 0.311 e. The van der Waals surface area contributed by atoms with E-state index in [4.69, 9.17) is 0 Å². The van der Waals surface area contributed by atoms with Gasteiger partial charge in [0, 0.05) is 5.41 Å². The molecule has 8 unspecified atom stereocenters. The number of carboxylic acid groups (broad SMARTS) is 4. The average molecular weight is 765 g/mol. The molecule has 0 amide bonds. The molecule has 0 aromatic rings. The monoisotopic (exact) mass is 765 g/mol. The predicted octanol–water partition coefficient (Wildman–Crippen LogP) is 12.3. The number of aliphatic carboxylic acids is 4. The summed E-state index contributed by atoms with van der Waals surface area (Å²) in [6, 6.07) is 0. The number of hydrogen-bond acceptors (Lipinski definition) is 4. The van der Waals surface area contributed by atoms with Crippen molar-refractivity contribution in [1.82, 2.24) is 0 Å². The van der Waals surface area contributed by atoms with E-state index in [2.05, 4.69) is 111 Å². The Hall–Kier alpha value is -2.12. The van der Waals surface area contributed by atoms with E-state index in [0.717, 1.165) is 25.7 Å². The maximum absolute atomic E-state index is 14.8. The first kappa shape index (κ1) is 49.9. The first-order valence-electron chi connectivity index (χ1n) is 21.1. The standard InChI is InChI=1S/C46H84O8/c1-30(25-40(5,6)7)17-21-44(22-18-31(2)26-41(8,9)10)35(37(49)50)34(36(47)48)29-45(38(51)52,23-19-32(3)27-42(11,12)13)46(44,39(53)54)24-20-33(4)28-43(14,15)16/h30-35H,17-29H2,1-16H3,(H,47,48)(H,49,50)(H,51,52)(H,53,54). The predicted molar refractivity (Wildman–Crippen MR) is 219 cm³/mol. The van der Waals surface area contributed by atoms with Crippen molar-refractivity contribution >= 4 is 23.9 Å². The highest BCUT2D eigenvalue weighted by Gasteiger charge is 2.77. The van der Waals surface area contributed by atoms with Crippen LogP contribution in [-0.4, -0.2) is 44.3 Å². The van der Waals surface area contributed by atoms with Crippen LogP contribution in [0.3, 0.4) is 0 Å². The largest absolute Gasteiger partial charge is 0.481 e. The zero-order chi connectivity index (χ0) is 42.5. The minimum Gasteiger partial charge on any atom is -0.481 e. The van der Waals surface area contributed by atoms with Gasteiger partial charge in [-0.25, -0.2) is 0 Å². The summed E-state index contributed by atoms with van der Waals surface area (Å²) < 4.78 is 0. The van der Waals surface area contributed by atoms with Crippen molar-refractivity contribution < 1.29 is 39.6 Å². The second-order valence-electron chi connectivity index (χ2n) is 23.4. The Morgan fingerprint density at radius 1 is 0.500 bits per heavy atom. The van der Waals surface area contributed by atoms with Crippen LogP contribution in [0.2, 0.25) is 0 Å². The van der Waals surface area contributed by atoms with Gasteiger partial charge in [-0.2, -0.15) is 0 Å². The van der Waals surface area contributed by atoms with E-state index in [1.165, 1.54) is 0 Å². The molecule has 4 N–H and O–H groups in total. The molecule has 54 heavy (non-hydrogen) atoms. The maximum atomic E-state index is 14.8. The highest BCUT2D eigenvalue weighted by atomic mass is 16.4. The Morgan fingerprint density at radius 3 is 1.07 bits per heavy atom. The molecule has 1 aliphatic carbocycles. The van der Waals surface area contributed by atoms with Gasteiger partial charge >= 0.3 is 23.9 Å². The Morgan fingerprint density at radius 2 is 0.815 bits per heavy atom. The van der Waals surface area contributed by atoms with Crippen LogP contribution in [0.25, 0.3) is 0 Å². The van der Waals surface area contributed by atoms with Crippen molar-refractivity contribution in [2.24, 2.45) is 73.4 Å². The number of carbonyl (C=O) groups is 4. The van der Waals surface area contributed by atoms with E-state index in [0.29, 0.717) is 25.7 Å². The minimum absolute atomic E-state index is 0.0169. The molecule has 1 aliphatic rings. The van der Waals surface area contributed by atoms with Crippen LogP contribution in [-0.2, 0) is 19.2 Å². The van der Waals surface area contributed by atoms with Crippen molar-refractivity contribution in [3.05, 3.63) is 0 Å². The zero-order valence-corrected chi connectivity index (χ0v) is 37.6. The molecule has 0 spiro atoms. The molecule has 0 heterocycles. The highest BCUT2D eigenvalue weighted by Crippen LogP contribution is 2.72. The van der Waals surface area contributed by atoms with Crippen LogP contribution in [0.1, 0.15) is 194 Å². The van der Waals surface area contributed by atoms with Gasteiger partial charge in [-0.05, 0) is 116 Å². The third-order valence-corrected chi connectivity index (χ3v) is 12.7. The van der Waals surface area contributed by atoms with E-state index in [1.54, 1.807) is 0 Å².